The molecular formula is C17H15N3O7. The van der Waals surface area contributed by atoms with Crippen LogP contribution in [0.1, 0.15) is 31.1 Å². The molecule has 1 aromatic carbocycles. The van der Waals surface area contributed by atoms with Gasteiger partial charge in [0.1, 0.15) is 5.71 Å². The summed E-state index contributed by atoms with van der Waals surface area (Å²) in [6.07, 6.45) is 2.85. The number of carbonyl (C=O) groups excluding carboxylic acids is 2. The van der Waals surface area contributed by atoms with Gasteiger partial charge in [0.05, 0.1) is 21.5 Å². The summed E-state index contributed by atoms with van der Waals surface area (Å²) >= 11 is 0. The lowest BCUT2D eigenvalue weighted by Crippen LogP contribution is -2.16. The fourth-order valence-corrected chi connectivity index (χ4v) is 2.30. The highest BCUT2D eigenvalue weighted by Gasteiger charge is 2.22. The first kappa shape index (κ1) is 19.6. The molecule has 1 aromatic rings. The summed E-state index contributed by atoms with van der Waals surface area (Å²) in [5.74, 6) is -1.33. The first-order valence-corrected chi connectivity index (χ1v) is 7.78. The van der Waals surface area contributed by atoms with Crippen molar-refractivity contribution in [3.05, 3.63) is 67.3 Å². The predicted molar refractivity (Wildman–Crippen MR) is 94.3 cm³/mol. The van der Waals surface area contributed by atoms with Gasteiger partial charge in [0, 0.05) is 17.7 Å². The van der Waals surface area contributed by atoms with Crippen LogP contribution in [0.4, 0.5) is 11.4 Å². The number of ketones is 1. The van der Waals surface area contributed by atoms with E-state index in [1.807, 2.05) is 13.8 Å². The van der Waals surface area contributed by atoms with Crippen LogP contribution in [-0.4, -0.2) is 27.3 Å². The molecule has 0 aromatic heterocycles. The minimum Gasteiger partial charge on any atom is -0.312 e. The van der Waals surface area contributed by atoms with Crippen molar-refractivity contribution < 1.29 is 24.3 Å². The number of carbonyl (C=O) groups is 2. The van der Waals surface area contributed by atoms with Crippen LogP contribution in [0.5, 0.6) is 0 Å². The molecule has 0 unspecified atom stereocenters. The van der Waals surface area contributed by atoms with E-state index in [-0.39, 0.29) is 23.0 Å². The number of hydrogen-bond acceptors (Lipinski definition) is 8. The average Bonchev–Trinajstić information content (AvgIpc) is 2.59. The van der Waals surface area contributed by atoms with E-state index < -0.39 is 27.2 Å². The van der Waals surface area contributed by atoms with Crippen LogP contribution in [0.25, 0.3) is 0 Å². The van der Waals surface area contributed by atoms with E-state index >= 15 is 0 Å². The fourth-order valence-electron chi connectivity index (χ4n) is 2.30. The van der Waals surface area contributed by atoms with E-state index in [9.17, 15) is 29.8 Å². The molecule has 140 valence electrons. The molecule has 0 aliphatic heterocycles. The van der Waals surface area contributed by atoms with E-state index in [4.69, 9.17) is 4.84 Å². The van der Waals surface area contributed by atoms with Crippen molar-refractivity contribution in [3.63, 3.8) is 0 Å². The first-order valence-electron chi connectivity index (χ1n) is 7.78. The third kappa shape index (κ3) is 4.48. The Morgan fingerprint density at radius 2 is 1.63 bits per heavy atom. The second kappa shape index (κ2) is 7.68. The molecule has 1 aliphatic carbocycles. The lowest BCUT2D eigenvalue weighted by Gasteiger charge is -2.14. The molecule has 10 nitrogen and oxygen atoms in total. The molecule has 0 heterocycles. The maximum Gasteiger partial charge on any atom is 0.366 e. The average molecular weight is 373 g/mol. The molecule has 0 atom stereocenters. The summed E-state index contributed by atoms with van der Waals surface area (Å²) in [5, 5.41) is 25.5. The minimum absolute atomic E-state index is 0.0674. The number of oxime groups is 1. The summed E-state index contributed by atoms with van der Waals surface area (Å²) in [4.78, 5) is 48.9. The normalized spacial score (nSPS) is 15.4. The zero-order chi connectivity index (χ0) is 20.3. The number of hydrogen-bond donors (Lipinski definition) is 0. The Hall–Kier alpha value is -3.69. The molecule has 0 spiro atoms. The van der Waals surface area contributed by atoms with Gasteiger partial charge in [-0.15, -0.1) is 0 Å². The zero-order valence-corrected chi connectivity index (χ0v) is 14.7. The van der Waals surface area contributed by atoms with Gasteiger partial charge >= 0.3 is 5.97 Å². The van der Waals surface area contributed by atoms with Gasteiger partial charge in [0.25, 0.3) is 11.4 Å². The van der Waals surface area contributed by atoms with E-state index in [0.29, 0.717) is 11.1 Å². The topological polar surface area (TPSA) is 142 Å². The SMILES string of the molecule is CC1=CC(=O)C(C(C)C)=C/C1=N\OC(=O)c1cc([N+](=O)[O-])cc([N+](=O)[O-])c1. The molecule has 0 saturated heterocycles. The summed E-state index contributed by atoms with van der Waals surface area (Å²) in [6, 6.07) is 2.45. The molecule has 0 fully saturated rings. The summed E-state index contributed by atoms with van der Waals surface area (Å²) < 4.78 is 0. The number of nitro benzene ring substituents is 2. The highest BCUT2D eigenvalue weighted by Crippen LogP contribution is 2.24. The second-order valence-electron chi connectivity index (χ2n) is 6.05. The summed E-state index contributed by atoms with van der Waals surface area (Å²) in [7, 11) is 0. The number of nitro groups is 2. The molecule has 0 radical (unpaired) electrons. The number of allylic oxidation sites excluding steroid dienone is 4. The Morgan fingerprint density at radius 1 is 1.07 bits per heavy atom. The van der Waals surface area contributed by atoms with E-state index in [2.05, 4.69) is 5.16 Å². The fraction of sp³-hybridized carbons (Fsp3) is 0.235. The van der Waals surface area contributed by atoms with Crippen molar-refractivity contribution in [2.45, 2.75) is 20.8 Å². The molecule has 10 heteroatoms. The zero-order valence-electron chi connectivity index (χ0n) is 14.7. The van der Waals surface area contributed by atoms with Gasteiger partial charge in [-0.1, -0.05) is 19.0 Å². The van der Waals surface area contributed by atoms with Crippen molar-refractivity contribution >= 4 is 28.8 Å². The van der Waals surface area contributed by atoms with Crippen LogP contribution in [0.3, 0.4) is 0 Å². The minimum atomic E-state index is -1.10. The number of rotatable bonds is 5. The maximum absolute atomic E-state index is 12.1. The Morgan fingerprint density at radius 3 is 2.11 bits per heavy atom. The molecule has 0 amide bonds. The van der Waals surface area contributed by atoms with Crippen LogP contribution in [0, 0.1) is 26.1 Å². The van der Waals surface area contributed by atoms with Gasteiger partial charge in [0.2, 0.25) is 0 Å². The van der Waals surface area contributed by atoms with E-state index in [0.717, 1.165) is 18.2 Å². The number of nitrogens with zero attached hydrogens (tertiary/aromatic N) is 3. The maximum atomic E-state index is 12.1. The Bertz CT molecular complexity index is 910. The summed E-state index contributed by atoms with van der Waals surface area (Å²) in [6.45, 7) is 5.25. The second-order valence-corrected chi connectivity index (χ2v) is 6.05. The molecule has 0 bridgehead atoms. The largest absolute Gasteiger partial charge is 0.366 e. The van der Waals surface area contributed by atoms with Crippen molar-refractivity contribution in [2.75, 3.05) is 0 Å². The van der Waals surface area contributed by atoms with Crippen molar-refractivity contribution in [3.8, 4) is 0 Å². The highest BCUT2D eigenvalue weighted by molar-refractivity contribution is 6.21. The molecule has 0 saturated carbocycles. The standard InChI is InChI=1S/C17H15N3O7/c1-9(2)14-8-15(10(3)4-16(14)21)18-27-17(22)11-5-12(19(23)24)7-13(6-11)20(25)26/h4-9H,1-3H3/b18-15+. The third-order valence-corrected chi connectivity index (χ3v) is 3.74. The lowest BCUT2D eigenvalue weighted by molar-refractivity contribution is -0.394. The van der Waals surface area contributed by atoms with Gasteiger partial charge in [-0.2, -0.15) is 0 Å². The smallest absolute Gasteiger partial charge is 0.312 e. The Labute approximate surface area is 153 Å². The first-order chi connectivity index (χ1) is 12.6. The summed E-state index contributed by atoms with van der Waals surface area (Å²) in [5.41, 5.74) is -0.424. The van der Waals surface area contributed by atoms with E-state index in [1.54, 1.807) is 6.92 Å². The van der Waals surface area contributed by atoms with Crippen molar-refractivity contribution in [2.24, 2.45) is 11.1 Å². The van der Waals surface area contributed by atoms with Crippen LogP contribution in [-0.2, 0) is 9.63 Å². The van der Waals surface area contributed by atoms with Crippen LogP contribution in [0.2, 0.25) is 0 Å². The van der Waals surface area contributed by atoms with Crippen LogP contribution in [0.15, 0.2) is 46.7 Å². The Balaban J connectivity index is 2.33. The van der Waals surface area contributed by atoms with E-state index in [1.165, 1.54) is 12.2 Å². The van der Waals surface area contributed by atoms with Crippen molar-refractivity contribution in [1.82, 2.24) is 0 Å². The quantitative estimate of drug-likeness (QED) is 0.334. The van der Waals surface area contributed by atoms with Crippen LogP contribution >= 0.6 is 0 Å². The highest BCUT2D eigenvalue weighted by atomic mass is 16.7. The van der Waals surface area contributed by atoms with Crippen molar-refractivity contribution in [1.29, 1.82) is 0 Å². The monoisotopic (exact) mass is 373 g/mol. The van der Waals surface area contributed by atoms with Gasteiger partial charge in [0.15, 0.2) is 5.78 Å². The van der Waals surface area contributed by atoms with Gasteiger partial charge < -0.3 is 4.84 Å². The van der Waals surface area contributed by atoms with Gasteiger partial charge in [-0.3, -0.25) is 25.0 Å². The van der Waals surface area contributed by atoms with Crippen LogP contribution < -0.4 is 0 Å². The number of non-ortho nitro benzene ring substituents is 2. The lowest BCUT2D eigenvalue weighted by atomic mass is 9.90. The van der Waals surface area contributed by atoms with Gasteiger partial charge in [-0.05, 0) is 30.6 Å². The Kier molecular flexibility index (Phi) is 5.59. The van der Waals surface area contributed by atoms with Gasteiger partial charge in [-0.25, -0.2) is 4.79 Å². The molecule has 2 rings (SSSR count). The third-order valence-electron chi connectivity index (χ3n) is 3.74. The molecule has 0 N–H and O–H groups in total. The molecular weight excluding hydrogens is 358 g/mol. The number of benzene rings is 1. The molecule has 27 heavy (non-hydrogen) atoms. The predicted octanol–water partition coefficient (Wildman–Crippen LogP) is 3.13. The molecule has 1 aliphatic rings.